The van der Waals surface area contributed by atoms with Crippen LogP contribution >= 0.6 is 0 Å². The third-order valence-corrected chi connectivity index (χ3v) is 2.36. The molecule has 3 N–H and O–H groups in total. The summed E-state index contributed by atoms with van der Waals surface area (Å²) < 4.78 is 5.00. The quantitative estimate of drug-likeness (QED) is 0.771. The van der Waals surface area contributed by atoms with Crippen LogP contribution in [0.15, 0.2) is 6.33 Å². The second kappa shape index (κ2) is 5.38. The van der Waals surface area contributed by atoms with Crippen LogP contribution in [0.5, 0.6) is 5.88 Å². The highest BCUT2D eigenvalue weighted by molar-refractivity contribution is 5.66. The van der Waals surface area contributed by atoms with E-state index in [1.165, 1.54) is 13.4 Å². The second-order valence-corrected chi connectivity index (χ2v) is 3.54. The van der Waals surface area contributed by atoms with Crippen molar-refractivity contribution >= 4 is 11.5 Å². The molecule has 1 heterocycles. The van der Waals surface area contributed by atoms with Gasteiger partial charge >= 0.3 is 0 Å². The van der Waals surface area contributed by atoms with Gasteiger partial charge in [0.05, 0.1) is 7.11 Å². The Morgan fingerprint density at radius 3 is 2.87 bits per heavy atom. The zero-order valence-corrected chi connectivity index (χ0v) is 9.45. The fourth-order valence-corrected chi connectivity index (χ4v) is 1.10. The average Bonchev–Trinajstić information content (AvgIpc) is 2.27. The van der Waals surface area contributed by atoms with Gasteiger partial charge in [-0.05, 0) is 5.92 Å². The van der Waals surface area contributed by atoms with Crippen LogP contribution in [0.3, 0.4) is 0 Å². The lowest BCUT2D eigenvalue weighted by Gasteiger charge is -2.12. The lowest BCUT2D eigenvalue weighted by atomic mass is 10.1. The van der Waals surface area contributed by atoms with E-state index in [9.17, 15) is 0 Å². The van der Waals surface area contributed by atoms with E-state index in [2.05, 4.69) is 29.1 Å². The zero-order valence-electron chi connectivity index (χ0n) is 9.45. The molecule has 0 fully saturated rings. The maximum absolute atomic E-state index is 5.81. The molecule has 0 saturated heterocycles. The summed E-state index contributed by atoms with van der Waals surface area (Å²) >= 11 is 0. The van der Waals surface area contributed by atoms with Crippen LogP contribution in [0, 0.1) is 5.92 Å². The molecule has 0 aliphatic heterocycles. The summed E-state index contributed by atoms with van der Waals surface area (Å²) in [6.45, 7) is 5.17. The number of rotatable bonds is 5. The number of nitrogens with one attached hydrogen (secondary N) is 1. The molecule has 0 bridgehead atoms. The third kappa shape index (κ3) is 2.97. The van der Waals surface area contributed by atoms with Crippen LogP contribution in [0.25, 0.3) is 0 Å². The van der Waals surface area contributed by atoms with Crippen molar-refractivity contribution < 1.29 is 4.74 Å². The van der Waals surface area contributed by atoms with E-state index in [1.54, 1.807) is 0 Å². The number of ether oxygens (including phenoxy) is 1. The molecule has 0 amide bonds. The van der Waals surface area contributed by atoms with Crippen molar-refractivity contribution in [1.29, 1.82) is 0 Å². The van der Waals surface area contributed by atoms with Crippen molar-refractivity contribution in [2.75, 3.05) is 24.7 Å². The van der Waals surface area contributed by atoms with Gasteiger partial charge in [-0.25, -0.2) is 4.98 Å². The van der Waals surface area contributed by atoms with Crippen molar-refractivity contribution in [3.05, 3.63) is 6.33 Å². The monoisotopic (exact) mass is 210 g/mol. The van der Waals surface area contributed by atoms with Crippen molar-refractivity contribution in [2.45, 2.75) is 20.3 Å². The van der Waals surface area contributed by atoms with E-state index in [0.29, 0.717) is 23.3 Å². The number of hydrogen-bond donors (Lipinski definition) is 2. The molecule has 5 heteroatoms. The van der Waals surface area contributed by atoms with E-state index in [0.717, 1.165) is 13.0 Å². The van der Waals surface area contributed by atoms with E-state index in [4.69, 9.17) is 10.5 Å². The minimum absolute atomic E-state index is 0.414. The van der Waals surface area contributed by atoms with Crippen molar-refractivity contribution in [1.82, 2.24) is 9.97 Å². The van der Waals surface area contributed by atoms with Gasteiger partial charge in [0.15, 0.2) is 5.82 Å². The smallest absolute Gasteiger partial charge is 0.242 e. The molecule has 0 saturated carbocycles. The lowest BCUT2D eigenvalue weighted by molar-refractivity contribution is 0.399. The maximum Gasteiger partial charge on any atom is 0.242 e. The predicted octanol–water partition coefficient (Wildman–Crippen LogP) is 1.53. The average molecular weight is 210 g/mol. The first-order chi connectivity index (χ1) is 7.19. The summed E-state index contributed by atoms with van der Waals surface area (Å²) in [5.74, 6) is 1.64. The van der Waals surface area contributed by atoms with E-state index in [-0.39, 0.29) is 0 Å². The summed E-state index contributed by atoms with van der Waals surface area (Å²) in [7, 11) is 1.54. The van der Waals surface area contributed by atoms with Crippen molar-refractivity contribution in [3.63, 3.8) is 0 Å². The topological polar surface area (TPSA) is 73.1 Å². The summed E-state index contributed by atoms with van der Waals surface area (Å²) in [6.07, 6.45) is 2.56. The van der Waals surface area contributed by atoms with E-state index >= 15 is 0 Å². The maximum atomic E-state index is 5.81. The Kier molecular flexibility index (Phi) is 4.15. The van der Waals surface area contributed by atoms with Gasteiger partial charge in [-0.1, -0.05) is 20.3 Å². The minimum atomic E-state index is 0.414. The lowest BCUT2D eigenvalue weighted by Crippen LogP contribution is -2.13. The van der Waals surface area contributed by atoms with Gasteiger partial charge in [0.1, 0.15) is 12.0 Å². The zero-order chi connectivity index (χ0) is 11.3. The molecule has 84 valence electrons. The molecule has 15 heavy (non-hydrogen) atoms. The van der Waals surface area contributed by atoms with Gasteiger partial charge in [-0.15, -0.1) is 0 Å². The molecular weight excluding hydrogens is 192 g/mol. The van der Waals surface area contributed by atoms with Gasteiger partial charge in [0.2, 0.25) is 5.88 Å². The molecule has 0 aromatic carbocycles. The Morgan fingerprint density at radius 1 is 1.53 bits per heavy atom. The number of anilines is 2. The number of aromatic nitrogens is 2. The number of nitrogens with two attached hydrogens (primary N) is 1. The number of methoxy groups -OCH3 is 1. The predicted molar refractivity (Wildman–Crippen MR) is 60.9 cm³/mol. The number of nitrogen functional groups attached to an aromatic ring is 1. The highest BCUT2D eigenvalue weighted by Crippen LogP contribution is 2.24. The van der Waals surface area contributed by atoms with Crippen molar-refractivity contribution in [3.8, 4) is 5.88 Å². The molecule has 1 aromatic rings. The van der Waals surface area contributed by atoms with Gasteiger partial charge in [0.25, 0.3) is 0 Å². The molecule has 1 rings (SSSR count). The molecule has 0 aliphatic rings. The normalized spacial score (nSPS) is 12.2. The van der Waals surface area contributed by atoms with Crippen LogP contribution in [0.4, 0.5) is 11.5 Å². The second-order valence-electron chi connectivity index (χ2n) is 3.54. The Morgan fingerprint density at radius 2 is 2.27 bits per heavy atom. The first-order valence-corrected chi connectivity index (χ1v) is 5.07. The van der Waals surface area contributed by atoms with Gasteiger partial charge in [-0.2, -0.15) is 4.98 Å². The first kappa shape index (κ1) is 11.6. The van der Waals surface area contributed by atoms with Crippen LogP contribution in [0.2, 0.25) is 0 Å². The number of hydrogen-bond acceptors (Lipinski definition) is 5. The molecule has 1 unspecified atom stereocenters. The standard InChI is InChI=1S/C10H18N4O/c1-4-7(2)5-12-9-8(11)10(15-3)14-6-13-9/h6-7H,4-5,11H2,1-3H3,(H,12,13,14). The Labute approximate surface area is 90.1 Å². The molecule has 0 aliphatic carbocycles. The van der Waals surface area contributed by atoms with E-state index < -0.39 is 0 Å². The highest BCUT2D eigenvalue weighted by Gasteiger charge is 2.08. The molecule has 1 atom stereocenters. The van der Waals surface area contributed by atoms with Crippen molar-refractivity contribution in [2.24, 2.45) is 5.92 Å². The minimum Gasteiger partial charge on any atom is -0.479 e. The van der Waals surface area contributed by atoms with Gasteiger partial charge in [0, 0.05) is 6.54 Å². The Hall–Kier alpha value is -1.52. The van der Waals surface area contributed by atoms with Crippen LogP contribution in [-0.4, -0.2) is 23.6 Å². The Balaban J connectivity index is 2.68. The van der Waals surface area contributed by atoms with Crippen LogP contribution in [-0.2, 0) is 0 Å². The third-order valence-electron chi connectivity index (χ3n) is 2.36. The summed E-state index contributed by atoms with van der Waals surface area (Å²) in [6, 6.07) is 0. The molecule has 0 radical (unpaired) electrons. The largest absolute Gasteiger partial charge is 0.479 e. The summed E-state index contributed by atoms with van der Waals surface area (Å²) in [5.41, 5.74) is 6.27. The summed E-state index contributed by atoms with van der Waals surface area (Å²) in [5, 5.41) is 3.18. The van der Waals surface area contributed by atoms with E-state index in [1.807, 2.05) is 0 Å². The fraction of sp³-hybridized carbons (Fsp3) is 0.600. The Bertz CT molecular complexity index is 316. The number of nitrogens with zero attached hydrogens (tertiary/aromatic N) is 2. The SMILES string of the molecule is CCC(C)CNc1ncnc(OC)c1N. The molecule has 5 nitrogen and oxygen atoms in total. The van der Waals surface area contributed by atoms with Crippen LogP contribution < -0.4 is 15.8 Å². The van der Waals surface area contributed by atoms with Gasteiger partial charge < -0.3 is 15.8 Å². The first-order valence-electron chi connectivity index (χ1n) is 5.07. The highest BCUT2D eigenvalue weighted by atomic mass is 16.5. The van der Waals surface area contributed by atoms with Gasteiger partial charge in [-0.3, -0.25) is 0 Å². The molecule has 1 aromatic heterocycles. The van der Waals surface area contributed by atoms with Crippen LogP contribution in [0.1, 0.15) is 20.3 Å². The summed E-state index contributed by atoms with van der Waals surface area (Å²) in [4.78, 5) is 7.97. The molecule has 0 spiro atoms. The fourth-order valence-electron chi connectivity index (χ4n) is 1.10. The molecular formula is C10H18N4O.